The van der Waals surface area contributed by atoms with E-state index >= 15 is 0 Å². The van der Waals surface area contributed by atoms with Crippen LogP contribution in [-0.4, -0.2) is 23.6 Å². The van der Waals surface area contributed by atoms with Gasteiger partial charge in [0, 0.05) is 18.2 Å². The van der Waals surface area contributed by atoms with Crippen molar-refractivity contribution in [1.29, 1.82) is 0 Å². The molecule has 0 aliphatic carbocycles. The summed E-state index contributed by atoms with van der Waals surface area (Å²) in [5, 5.41) is 0. The fraction of sp³-hybridized carbons (Fsp3) is 0.333. The monoisotopic (exact) mass is 257 g/mol. The summed E-state index contributed by atoms with van der Waals surface area (Å²) in [7, 11) is 1.68. The first kappa shape index (κ1) is 13.5. The van der Waals surface area contributed by atoms with E-state index in [-0.39, 0.29) is 0 Å². The fourth-order valence-electron chi connectivity index (χ4n) is 2.21. The molecule has 19 heavy (non-hydrogen) atoms. The van der Waals surface area contributed by atoms with Crippen molar-refractivity contribution in [3.8, 4) is 17.0 Å². The summed E-state index contributed by atoms with van der Waals surface area (Å²) >= 11 is 0. The van der Waals surface area contributed by atoms with Crippen LogP contribution >= 0.6 is 0 Å². The summed E-state index contributed by atoms with van der Waals surface area (Å²) in [5.74, 6) is 1.63. The van der Waals surface area contributed by atoms with Gasteiger partial charge in [-0.1, -0.05) is 6.07 Å². The van der Waals surface area contributed by atoms with Crippen LogP contribution in [0.3, 0.4) is 0 Å². The summed E-state index contributed by atoms with van der Waals surface area (Å²) in [5.41, 5.74) is 9.72. The van der Waals surface area contributed by atoms with E-state index in [0.717, 1.165) is 28.4 Å². The molecule has 0 amide bonds. The van der Waals surface area contributed by atoms with Crippen LogP contribution in [-0.2, 0) is 6.42 Å². The maximum Gasteiger partial charge on any atom is 0.131 e. The van der Waals surface area contributed by atoms with Crippen LogP contribution < -0.4 is 10.5 Å². The van der Waals surface area contributed by atoms with Gasteiger partial charge in [0.2, 0.25) is 0 Å². The van der Waals surface area contributed by atoms with Crippen molar-refractivity contribution < 1.29 is 4.74 Å². The van der Waals surface area contributed by atoms with Gasteiger partial charge in [-0.05, 0) is 43.7 Å². The van der Waals surface area contributed by atoms with E-state index in [1.54, 1.807) is 13.3 Å². The second-order valence-corrected chi connectivity index (χ2v) is 4.56. The Hall–Kier alpha value is -1.94. The highest BCUT2D eigenvalue weighted by Gasteiger charge is 2.11. The maximum atomic E-state index is 5.55. The Balaban J connectivity index is 2.54. The van der Waals surface area contributed by atoms with Crippen LogP contribution in [0.5, 0.6) is 5.75 Å². The molecule has 0 fully saturated rings. The number of methoxy groups -OCH3 is 1. The molecule has 0 saturated carbocycles. The molecule has 1 aromatic carbocycles. The highest BCUT2D eigenvalue weighted by molar-refractivity contribution is 5.70. The van der Waals surface area contributed by atoms with Crippen molar-refractivity contribution in [2.75, 3.05) is 13.7 Å². The highest BCUT2D eigenvalue weighted by atomic mass is 16.5. The molecule has 0 bridgehead atoms. The minimum Gasteiger partial charge on any atom is -0.496 e. The van der Waals surface area contributed by atoms with E-state index < -0.39 is 0 Å². The Kier molecular flexibility index (Phi) is 4.12. The molecule has 0 atom stereocenters. The second-order valence-electron chi connectivity index (χ2n) is 4.56. The fourth-order valence-corrected chi connectivity index (χ4v) is 2.21. The molecule has 0 radical (unpaired) electrons. The Labute approximate surface area is 113 Å². The molecule has 0 saturated heterocycles. The predicted molar refractivity (Wildman–Crippen MR) is 76.3 cm³/mol. The molecule has 2 N–H and O–H groups in total. The lowest BCUT2D eigenvalue weighted by molar-refractivity contribution is 0.413. The Bertz CT molecular complexity index is 582. The van der Waals surface area contributed by atoms with Crippen molar-refractivity contribution in [3.05, 3.63) is 41.3 Å². The van der Waals surface area contributed by atoms with Gasteiger partial charge in [0.1, 0.15) is 11.6 Å². The second kappa shape index (κ2) is 5.80. The number of hydrogen-bond donors (Lipinski definition) is 1. The van der Waals surface area contributed by atoms with Gasteiger partial charge in [-0.2, -0.15) is 0 Å². The van der Waals surface area contributed by atoms with Crippen molar-refractivity contribution in [2.24, 2.45) is 5.73 Å². The lowest BCUT2D eigenvalue weighted by Gasteiger charge is -2.12. The summed E-state index contributed by atoms with van der Waals surface area (Å²) < 4.78 is 5.50. The number of ether oxygens (including phenoxy) is 1. The molecule has 1 aromatic heterocycles. The normalized spacial score (nSPS) is 10.5. The van der Waals surface area contributed by atoms with Gasteiger partial charge in [-0.3, -0.25) is 0 Å². The van der Waals surface area contributed by atoms with Gasteiger partial charge in [0.25, 0.3) is 0 Å². The lowest BCUT2D eigenvalue weighted by Crippen LogP contribution is -2.06. The minimum absolute atomic E-state index is 0.549. The van der Waals surface area contributed by atoms with Gasteiger partial charge >= 0.3 is 0 Å². The first-order valence-electron chi connectivity index (χ1n) is 6.33. The Morgan fingerprint density at radius 2 is 2.05 bits per heavy atom. The van der Waals surface area contributed by atoms with Gasteiger partial charge in [0.05, 0.1) is 12.8 Å². The molecule has 0 unspecified atom stereocenters. The minimum atomic E-state index is 0.549. The molecule has 0 aliphatic rings. The lowest BCUT2D eigenvalue weighted by atomic mass is 10.0. The SMILES string of the molecule is COc1c(C)cc(C)cc1-c1ccnc(CCN)n1. The van der Waals surface area contributed by atoms with E-state index in [1.807, 2.05) is 13.0 Å². The number of nitrogens with two attached hydrogens (primary N) is 1. The third-order valence-electron chi connectivity index (χ3n) is 2.97. The zero-order valence-electron chi connectivity index (χ0n) is 11.6. The summed E-state index contributed by atoms with van der Waals surface area (Å²) in [6.07, 6.45) is 2.45. The third kappa shape index (κ3) is 2.90. The standard InChI is InChI=1S/C15H19N3O/c1-10-8-11(2)15(19-3)12(9-10)13-5-7-17-14(18-13)4-6-16/h5,7-9H,4,6,16H2,1-3H3. The average molecular weight is 257 g/mol. The van der Waals surface area contributed by atoms with E-state index in [0.29, 0.717) is 13.0 Å². The molecular formula is C15H19N3O. The molecule has 0 spiro atoms. The van der Waals surface area contributed by atoms with Crippen molar-refractivity contribution >= 4 is 0 Å². The van der Waals surface area contributed by atoms with Crippen molar-refractivity contribution in [1.82, 2.24) is 9.97 Å². The molecular weight excluding hydrogens is 238 g/mol. The first-order chi connectivity index (χ1) is 9.15. The topological polar surface area (TPSA) is 61.0 Å². The largest absolute Gasteiger partial charge is 0.496 e. The van der Waals surface area contributed by atoms with E-state index in [2.05, 4.69) is 29.0 Å². The van der Waals surface area contributed by atoms with Crippen LogP contribution in [0.2, 0.25) is 0 Å². The molecule has 1 heterocycles. The van der Waals surface area contributed by atoms with E-state index in [9.17, 15) is 0 Å². The van der Waals surface area contributed by atoms with Gasteiger partial charge < -0.3 is 10.5 Å². The van der Waals surface area contributed by atoms with Crippen LogP contribution in [0.4, 0.5) is 0 Å². The van der Waals surface area contributed by atoms with Crippen molar-refractivity contribution in [3.63, 3.8) is 0 Å². The summed E-state index contributed by atoms with van der Waals surface area (Å²) in [4.78, 5) is 8.78. The smallest absolute Gasteiger partial charge is 0.131 e. The van der Waals surface area contributed by atoms with Gasteiger partial charge in [-0.15, -0.1) is 0 Å². The number of rotatable bonds is 4. The van der Waals surface area contributed by atoms with Crippen LogP contribution in [0.25, 0.3) is 11.3 Å². The van der Waals surface area contributed by atoms with Gasteiger partial charge in [-0.25, -0.2) is 9.97 Å². The van der Waals surface area contributed by atoms with Crippen LogP contribution in [0, 0.1) is 13.8 Å². The van der Waals surface area contributed by atoms with Crippen LogP contribution in [0.1, 0.15) is 17.0 Å². The Morgan fingerprint density at radius 3 is 2.74 bits per heavy atom. The molecule has 2 rings (SSSR count). The quantitative estimate of drug-likeness (QED) is 0.912. The van der Waals surface area contributed by atoms with E-state index in [4.69, 9.17) is 10.5 Å². The van der Waals surface area contributed by atoms with Crippen LogP contribution in [0.15, 0.2) is 24.4 Å². The molecule has 4 heteroatoms. The maximum absolute atomic E-state index is 5.55. The molecule has 100 valence electrons. The highest BCUT2D eigenvalue weighted by Crippen LogP contribution is 2.32. The average Bonchev–Trinajstić information content (AvgIpc) is 2.38. The summed E-state index contributed by atoms with van der Waals surface area (Å²) in [6.45, 7) is 4.66. The zero-order valence-corrected chi connectivity index (χ0v) is 11.6. The first-order valence-corrected chi connectivity index (χ1v) is 6.33. The number of hydrogen-bond acceptors (Lipinski definition) is 4. The predicted octanol–water partition coefficient (Wildman–Crippen LogP) is 2.27. The third-order valence-corrected chi connectivity index (χ3v) is 2.97. The molecule has 0 aliphatic heterocycles. The summed E-state index contributed by atoms with van der Waals surface area (Å²) in [6, 6.07) is 6.08. The Morgan fingerprint density at radius 1 is 1.26 bits per heavy atom. The van der Waals surface area contributed by atoms with E-state index in [1.165, 1.54) is 5.56 Å². The molecule has 4 nitrogen and oxygen atoms in total. The number of nitrogens with zero attached hydrogens (tertiary/aromatic N) is 2. The van der Waals surface area contributed by atoms with Gasteiger partial charge in [0.15, 0.2) is 0 Å². The number of benzene rings is 1. The zero-order chi connectivity index (χ0) is 13.8. The number of aromatic nitrogens is 2. The molecule has 2 aromatic rings. The number of aryl methyl sites for hydroxylation is 2. The van der Waals surface area contributed by atoms with Crippen molar-refractivity contribution in [2.45, 2.75) is 20.3 Å².